The van der Waals surface area contributed by atoms with E-state index in [-0.39, 0.29) is 0 Å². The molecule has 1 aromatic rings. The summed E-state index contributed by atoms with van der Waals surface area (Å²) in [5.74, 6) is 2.56. The summed E-state index contributed by atoms with van der Waals surface area (Å²) >= 11 is 0. The van der Waals surface area contributed by atoms with Gasteiger partial charge in [0.2, 0.25) is 0 Å². The molecule has 1 aromatic carbocycles. The van der Waals surface area contributed by atoms with Crippen LogP contribution < -0.4 is 14.8 Å². The molecule has 3 rings (SSSR count). The quantitative estimate of drug-likeness (QED) is 0.888. The van der Waals surface area contributed by atoms with Crippen LogP contribution >= 0.6 is 0 Å². The van der Waals surface area contributed by atoms with E-state index in [0.717, 1.165) is 50.6 Å². The molecule has 0 spiro atoms. The summed E-state index contributed by atoms with van der Waals surface area (Å²) in [7, 11) is 0. The van der Waals surface area contributed by atoms with Crippen LogP contribution in [0.5, 0.6) is 11.5 Å². The topological polar surface area (TPSA) is 30.5 Å². The molecular weight excluding hydrogens is 238 g/mol. The lowest BCUT2D eigenvalue weighted by Crippen LogP contribution is -2.27. The molecule has 0 unspecified atom stereocenters. The first-order valence-electron chi connectivity index (χ1n) is 7.51. The van der Waals surface area contributed by atoms with Crippen LogP contribution in [0.1, 0.15) is 43.2 Å². The zero-order chi connectivity index (χ0) is 13.1. The van der Waals surface area contributed by atoms with Crippen LogP contribution in [-0.2, 0) is 6.42 Å². The molecule has 1 N–H and O–H groups in total. The van der Waals surface area contributed by atoms with Crippen molar-refractivity contribution in [1.82, 2.24) is 5.32 Å². The van der Waals surface area contributed by atoms with Crippen LogP contribution in [0.2, 0.25) is 0 Å². The number of aryl methyl sites for hydroxylation is 1. The van der Waals surface area contributed by atoms with E-state index in [1.165, 1.54) is 24.0 Å². The molecule has 0 amide bonds. The van der Waals surface area contributed by atoms with Crippen molar-refractivity contribution in [2.24, 2.45) is 0 Å². The SMILES string of the molecule is CCc1cc2c(cc1C1CCNCC1)OCCCO2. The van der Waals surface area contributed by atoms with Crippen molar-refractivity contribution in [3.8, 4) is 11.5 Å². The Hall–Kier alpha value is -1.22. The van der Waals surface area contributed by atoms with Crippen LogP contribution in [0, 0.1) is 0 Å². The number of hydrogen-bond acceptors (Lipinski definition) is 3. The van der Waals surface area contributed by atoms with Gasteiger partial charge in [-0.15, -0.1) is 0 Å². The normalized spacial score (nSPS) is 20.1. The fourth-order valence-electron chi connectivity index (χ4n) is 3.09. The third-order valence-corrected chi connectivity index (χ3v) is 4.17. The second kappa shape index (κ2) is 5.83. The third kappa shape index (κ3) is 2.71. The van der Waals surface area contributed by atoms with Gasteiger partial charge in [-0.1, -0.05) is 6.92 Å². The summed E-state index contributed by atoms with van der Waals surface area (Å²) in [6.45, 7) is 6.02. The molecule has 2 aliphatic heterocycles. The Morgan fingerprint density at radius 2 is 1.79 bits per heavy atom. The van der Waals surface area contributed by atoms with E-state index in [1.807, 2.05) is 0 Å². The number of hydrogen-bond donors (Lipinski definition) is 1. The van der Waals surface area contributed by atoms with E-state index < -0.39 is 0 Å². The highest BCUT2D eigenvalue weighted by atomic mass is 16.5. The Morgan fingerprint density at radius 1 is 1.11 bits per heavy atom. The standard InChI is InChI=1S/C16H23NO2/c1-2-12-10-15-16(19-9-3-8-18-15)11-14(12)13-4-6-17-7-5-13/h10-11,13,17H,2-9H2,1H3. The lowest BCUT2D eigenvalue weighted by molar-refractivity contribution is 0.297. The highest BCUT2D eigenvalue weighted by Gasteiger charge is 2.21. The van der Waals surface area contributed by atoms with Gasteiger partial charge in [-0.2, -0.15) is 0 Å². The predicted octanol–water partition coefficient (Wildman–Crippen LogP) is 2.88. The number of nitrogens with one attached hydrogen (secondary N) is 1. The summed E-state index contributed by atoms with van der Waals surface area (Å²) in [5, 5.41) is 3.44. The van der Waals surface area contributed by atoms with Crippen molar-refractivity contribution < 1.29 is 9.47 Å². The van der Waals surface area contributed by atoms with Crippen molar-refractivity contribution in [3.05, 3.63) is 23.3 Å². The Balaban J connectivity index is 1.95. The van der Waals surface area contributed by atoms with Gasteiger partial charge in [-0.05, 0) is 61.5 Å². The molecule has 2 aliphatic rings. The minimum absolute atomic E-state index is 0.674. The molecule has 104 valence electrons. The third-order valence-electron chi connectivity index (χ3n) is 4.17. The van der Waals surface area contributed by atoms with E-state index in [1.54, 1.807) is 0 Å². The molecule has 19 heavy (non-hydrogen) atoms. The molecule has 0 atom stereocenters. The second-order valence-electron chi connectivity index (χ2n) is 5.43. The monoisotopic (exact) mass is 261 g/mol. The first-order chi connectivity index (χ1) is 9.38. The van der Waals surface area contributed by atoms with E-state index in [0.29, 0.717) is 5.92 Å². The second-order valence-corrected chi connectivity index (χ2v) is 5.43. The van der Waals surface area contributed by atoms with Crippen LogP contribution in [0.15, 0.2) is 12.1 Å². The van der Waals surface area contributed by atoms with Gasteiger partial charge in [0, 0.05) is 6.42 Å². The number of benzene rings is 1. The van der Waals surface area contributed by atoms with Gasteiger partial charge in [0.15, 0.2) is 11.5 Å². The maximum absolute atomic E-state index is 5.84. The molecule has 0 aromatic heterocycles. The molecule has 0 radical (unpaired) electrons. The molecule has 2 heterocycles. The van der Waals surface area contributed by atoms with E-state index in [2.05, 4.69) is 24.4 Å². The van der Waals surface area contributed by atoms with Crippen LogP contribution in [-0.4, -0.2) is 26.3 Å². The highest BCUT2D eigenvalue weighted by Crippen LogP contribution is 2.38. The van der Waals surface area contributed by atoms with Gasteiger partial charge >= 0.3 is 0 Å². The molecule has 3 nitrogen and oxygen atoms in total. The summed E-state index contributed by atoms with van der Waals surface area (Å²) in [5.41, 5.74) is 2.91. The van der Waals surface area contributed by atoms with Gasteiger partial charge in [-0.25, -0.2) is 0 Å². The summed E-state index contributed by atoms with van der Waals surface area (Å²) in [4.78, 5) is 0. The first-order valence-corrected chi connectivity index (χ1v) is 7.51. The van der Waals surface area contributed by atoms with Crippen molar-refractivity contribution in [3.63, 3.8) is 0 Å². The average molecular weight is 261 g/mol. The van der Waals surface area contributed by atoms with Crippen molar-refractivity contribution >= 4 is 0 Å². The Bertz CT molecular complexity index is 439. The van der Waals surface area contributed by atoms with Gasteiger partial charge in [-0.3, -0.25) is 0 Å². The molecule has 0 bridgehead atoms. The summed E-state index contributed by atoms with van der Waals surface area (Å²) in [6.07, 6.45) is 4.49. The highest BCUT2D eigenvalue weighted by molar-refractivity contribution is 5.49. The number of rotatable bonds is 2. The number of piperidine rings is 1. The van der Waals surface area contributed by atoms with Crippen LogP contribution in [0.25, 0.3) is 0 Å². The zero-order valence-corrected chi connectivity index (χ0v) is 11.7. The number of fused-ring (bicyclic) bond motifs is 1. The Labute approximate surface area is 115 Å². The average Bonchev–Trinajstić information content (AvgIpc) is 2.71. The molecule has 1 fully saturated rings. The van der Waals surface area contributed by atoms with Crippen LogP contribution in [0.4, 0.5) is 0 Å². The van der Waals surface area contributed by atoms with E-state index in [9.17, 15) is 0 Å². The lowest BCUT2D eigenvalue weighted by Gasteiger charge is -2.26. The van der Waals surface area contributed by atoms with Gasteiger partial charge in [0.25, 0.3) is 0 Å². The maximum atomic E-state index is 5.84. The van der Waals surface area contributed by atoms with Crippen molar-refractivity contribution in [2.75, 3.05) is 26.3 Å². The molecular formula is C16H23NO2. The fraction of sp³-hybridized carbons (Fsp3) is 0.625. The summed E-state index contributed by atoms with van der Waals surface area (Å²) < 4.78 is 11.6. The minimum Gasteiger partial charge on any atom is -0.490 e. The predicted molar refractivity (Wildman–Crippen MR) is 76.3 cm³/mol. The first kappa shape index (κ1) is 12.8. The lowest BCUT2D eigenvalue weighted by atomic mass is 9.86. The number of ether oxygens (including phenoxy) is 2. The largest absolute Gasteiger partial charge is 0.490 e. The molecule has 1 saturated heterocycles. The van der Waals surface area contributed by atoms with Gasteiger partial charge in [0.05, 0.1) is 13.2 Å². The minimum atomic E-state index is 0.674. The Kier molecular flexibility index (Phi) is 3.92. The van der Waals surface area contributed by atoms with Gasteiger partial charge < -0.3 is 14.8 Å². The van der Waals surface area contributed by atoms with E-state index >= 15 is 0 Å². The van der Waals surface area contributed by atoms with Gasteiger partial charge in [0.1, 0.15) is 0 Å². The zero-order valence-electron chi connectivity index (χ0n) is 11.7. The Morgan fingerprint density at radius 3 is 2.47 bits per heavy atom. The molecule has 0 saturated carbocycles. The van der Waals surface area contributed by atoms with Crippen LogP contribution in [0.3, 0.4) is 0 Å². The van der Waals surface area contributed by atoms with Crippen molar-refractivity contribution in [2.45, 2.75) is 38.5 Å². The summed E-state index contributed by atoms with van der Waals surface area (Å²) in [6, 6.07) is 4.45. The van der Waals surface area contributed by atoms with Crippen molar-refractivity contribution in [1.29, 1.82) is 0 Å². The molecule has 0 aliphatic carbocycles. The fourth-order valence-corrected chi connectivity index (χ4v) is 3.09. The molecule has 3 heteroatoms. The van der Waals surface area contributed by atoms with E-state index in [4.69, 9.17) is 9.47 Å². The maximum Gasteiger partial charge on any atom is 0.161 e. The smallest absolute Gasteiger partial charge is 0.161 e.